The number of aromatic nitrogens is 3. The SMILES string of the molecule is CCn1nnc(CC(C)C)c1C(F)(F)C(F)(F)F. The van der Waals surface area contributed by atoms with Gasteiger partial charge in [-0.25, -0.2) is 4.68 Å². The van der Waals surface area contributed by atoms with Gasteiger partial charge in [-0.05, 0) is 19.3 Å². The summed E-state index contributed by atoms with van der Waals surface area (Å²) in [5.74, 6) is -5.02. The van der Waals surface area contributed by atoms with Crippen LogP contribution in [0, 0.1) is 5.92 Å². The summed E-state index contributed by atoms with van der Waals surface area (Å²) in [7, 11) is 0. The fourth-order valence-corrected chi connectivity index (χ4v) is 1.57. The van der Waals surface area contributed by atoms with Crippen molar-refractivity contribution in [3.05, 3.63) is 11.4 Å². The minimum Gasteiger partial charge on any atom is -0.243 e. The van der Waals surface area contributed by atoms with E-state index in [0.717, 1.165) is 0 Å². The van der Waals surface area contributed by atoms with Crippen molar-refractivity contribution in [2.75, 3.05) is 0 Å². The van der Waals surface area contributed by atoms with Gasteiger partial charge in [0.05, 0.1) is 5.69 Å². The molecule has 104 valence electrons. The molecule has 0 bridgehead atoms. The predicted molar refractivity (Wildman–Crippen MR) is 54.2 cm³/mol. The third-order valence-electron chi connectivity index (χ3n) is 2.36. The Morgan fingerprint density at radius 3 is 2.11 bits per heavy atom. The summed E-state index contributed by atoms with van der Waals surface area (Å²) in [6.45, 7) is 4.76. The zero-order valence-corrected chi connectivity index (χ0v) is 10.2. The monoisotopic (exact) mass is 271 g/mol. The lowest BCUT2D eigenvalue weighted by atomic mass is 10.0. The zero-order chi connectivity index (χ0) is 14.1. The van der Waals surface area contributed by atoms with Crippen LogP contribution in [-0.2, 0) is 18.9 Å². The van der Waals surface area contributed by atoms with Crippen LogP contribution >= 0.6 is 0 Å². The van der Waals surface area contributed by atoms with E-state index in [-0.39, 0.29) is 24.6 Å². The molecule has 0 unspecified atom stereocenters. The molecule has 8 heteroatoms. The molecular formula is C10H14F5N3. The molecule has 3 nitrogen and oxygen atoms in total. The van der Waals surface area contributed by atoms with Crippen LogP contribution in [-0.4, -0.2) is 21.2 Å². The van der Waals surface area contributed by atoms with Crippen molar-refractivity contribution in [2.24, 2.45) is 5.92 Å². The molecule has 0 saturated heterocycles. The first-order chi connectivity index (χ1) is 8.11. The Hall–Kier alpha value is -1.21. The van der Waals surface area contributed by atoms with Gasteiger partial charge in [-0.1, -0.05) is 19.1 Å². The van der Waals surface area contributed by atoms with Gasteiger partial charge >= 0.3 is 12.1 Å². The summed E-state index contributed by atoms with van der Waals surface area (Å²) in [6.07, 6.45) is -5.62. The molecule has 0 radical (unpaired) electrons. The maximum absolute atomic E-state index is 13.4. The van der Waals surface area contributed by atoms with Crippen molar-refractivity contribution < 1.29 is 22.0 Å². The maximum atomic E-state index is 13.4. The van der Waals surface area contributed by atoms with E-state index in [1.165, 1.54) is 6.92 Å². The fraction of sp³-hybridized carbons (Fsp3) is 0.800. The van der Waals surface area contributed by atoms with Crippen LogP contribution in [0.2, 0.25) is 0 Å². The summed E-state index contributed by atoms with van der Waals surface area (Å²) < 4.78 is 64.7. The molecule has 1 aromatic rings. The fourth-order valence-electron chi connectivity index (χ4n) is 1.57. The highest BCUT2D eigenvalue weighted by molar-refractivity contribution is 5.19. The van der Waals surface area contributed by atoms with E-state index in [4.69, 9.17) is 0 Å². The van der Waals surface area contributed by atoms with Gasteiger partial charge in [0, 0.05) is 6.54 Å². The number of hydrogen-bond donors (Lipinski definition) is 0. The predicted octanol–water partition coefficient (Wildman–Crippen LogP) is 3.15. The van der Waals surface area contributed by atoms with Crippen LogP contribution in [0.3, 0.4) is 0 Å². The van der Waals surface area contributed by atoms with Gasteiger partial charge in [0.2, 0.25) is 0 Å². The van der Waals surface area contributed by atoms with Crippen LogP contribution in [0.5, 0.6) is 0 Å². The largest absolute Gasteiger partial charge is 0.459 e. The first-order valence-electron chi connectivity index (χ1n) is 5.48. The Bertz CT molecular complexity index is 408. The molecular weight excluding hydrogens is 257 g/mol. The molecule has 1 aromatic heterocycles. The molecule has 0 aromatic carbocycles. The van der Waals surface area contributed by atoms with E-state index in [1.807, 2.05) is 0 Å². The summed E-state index contributed by atoms with van der Waals surface area (Å²) in [5.41, 5.74) is -1.44. The number of halogens is 5. The van der Waals surface area contributed by atoms with Gasteiger partial charge in [-0.2, -0.15) is 22.0 Å². The number of nitrogens with zero attached hydrogens (tertiary/aromatic N) is 3. The van der Waals surface area contributed by atoms with E-state index in [1.54, 1.807) is 13.8 Å². The van der Waals surface area contributed by atoms with Gasteiger partial charge in [-0.3, -0.25) is 0 Å². The van der Waals surface area contributed by atoms with Crippen molar-refractivity contribution in [1.29, 1.82) is 0 Å². The minimum absolute atomic E-state index is 0.0288. The van der Waals surface area contributed by atoms with Crippen LogP contribution < -0.4 is 0 Å². The second-order valence-corrected chi connectivity index (χ2v) is 4.37. The maximum Gasteiger partial charge on any atom is 0.459 e. The van der Waals surface area contributed by atoms with E-state index in [9.17, 15) is 22.0 Å². The summed E-state index contributed by atoms with van der Waals surface area (Å²) in [4.78, 5) is 0. The van der Waals surface area contributed by atoms with Crippen LogP contribution in [0.1, 0.15) is 32.2 Å². The number of aryl methyl sites for hydroxylation is 1. The number of hydrogen-bond acceptors (Lipinski definition) is 2. The normalized spacial score (nSPS) is 13.4. The van der Waals surface area contributed by atoms with E-state index in [2.05, 4.69) is 10.3 Å². The van der Waals surface area contributed by atoms with Gasteiger partial charge in [0.15, 0.2) is 0 Å². The Kier molecular flexibility index (Phi) is 3.97. The van der Waals surface area contributed by atoms with Gasteiger partial charge in [0.25, 0.3) is 0 Å². The quantitative estimate of drug-likeness (QED) is 0.787. The molecule has 1 rings (SSSR count). The number of alkyl halides is 5. The van der Waals surface area contributed by atoms with E-state index >= 15 is 0 Å². The molecule has 0 amide bonds. The number of rotatable bonds is 4. The van der Waals surface area contributed by atoms with Crippen molar-refractivity contribution in [2.45, 2.75) is 45.8 Å². The smallest absolute Gasteiger partial charge is 0.243 e. The second-order valence-electron chi connectivity index (χ2n) is 4.37. The Morgan fingerprint density at radius 1 is 1.17 bits per heavy atom. The second kappa shape index (κ2) is 4.81. The molecule has 0 aliphatic heterocycles. The average Bonchev–Trinajstić information content (AvgIpc) is 2.58. The van der Waals surface area contributed by atoms with Gasteiger partial charge in [-0.15, -0.1) is 5.10 Å². The van der Waals surface area contributed by atoms with Crippen LogP contribution in [0.4, 0.5) is 22.0 Å². The van der Waals surface area contributed by atoms with E-state index in [0.29, 0.717) is 4.68 Å². The highest BCUT2D eigenvalue weighted by Crippen LogP contribution is 2.44. The van der Waals surface area contributed by atoms with Gasteiger partial charge < -0.3 is 0 Å². The van der Waals surface area contributed by atoms with Crippen LogP contribution in [0.25, 0.3) is 0 Å². The van der Waals surface area contributed by atoms with Crippen LogP contribution in [0.15, 0.2) is 0 Å². The third kappa shape index (κ3) is 2.62. The van der Waals surface area contributed by atoms with Crippen molar-refractivity contribution in [3.8, 4) is 0 Å². The molecule has 0 aliphatic carbocycles. The Balaban J connectivity index is 3.32. The summed E-state index contributed by atoms with van der Waals surface area (Å²) in [5, 5.41) is 6.79. The van der Waals surface area contributed by atoms with Gasteiger partial charge in [0.1, 0.15) is 5.69 Å². The summed E-state index contributed by atoms with van der Waals surface area (Å²) in [6, 6.07) is 0. The lowest BCUT2D eigenvalue weighted by Crippen LogP contribution is -2.37. The molecule has 18 heavy (non-hydrogen) atoms. The van der Waals surface area contributed by atoms with Crippen molar-refractivity contribution in [1.82, 2.24) is 15.0 Å². The molecule has 0 aliphatic rings. The molecule has 0 fully saturated rings. The Labute approximate surface area is 101 Å². The first-order valence-corrected chi connectivity index (χ1v) is 5.48. The summed E-state index contributed by atoms with van der Waals surface area (Å²) >= 11 is 0. The molecule has 0 N–H and O–H groups in total. The van der Waals surface area contributed by atoms with Crippen molar-refractivity contribution in [3.63, 3.8) is 0 Å². The molecule has 0 spiro atoms. The molecule has 0 saturated carbocycles. The topological polar surface area (TPSA) is 30.7 Å². The Morgan fingerprint density at radius 2 is 1.72 bits per heavy atom. The molecule has 0 atom stereocenters. The highest BCUT2D eigenvalue weighted by atomic mass is 19.4. The zero-order valence-electron chi connectivity index (χ0n) is 10.2. The third-order valence-corrected chi connectivity index (χ3v) is 2.36. The first kappa shape index (κ1) is 14.8. The lowest BCUT2D eigenvalue weighted by Gasteiger charge is -2.21. The average molecular weight is 271 g/mol. The lowest BCUT2D eigenvalue weighted by molar-refractivity contribution is -0.292. The molecule has 1 heterocycles. The van der Waals surface area contributed by atoms with E-state index < -0.39 is 17.8 Å². The minimum atomic E-state index is -5.65. The standard InChI is InChI=1S/C10H14F5N3/c1-4-18-8(9(11,12)10(13,14)15)7(16-17-18)5-6(2)3/h6H,4-5H2,1-3H3. The van der Waals surface area contributed by atoms with Crippen molar-refractivity contribution >= 4 is 0 Å². The highest BCUT2D eigenvalue weighted by Gasteiger charge is 2.61.